The molecule has 0 atom stereocenters. The second-order valence-corrected chi connectivity index (χ2v) is 8.63. The first-order chi connectivity index (χ1) is 9.16. The monoisotopic (exact) mass is 332 g/mol. The van der Waals surface area contributed by atoms with Crippen molar-refractivity contribution in [2.45, 2.75) is 31.2 Å². The van der Waals surface area contributed by atoms with Crippen LogP contribution in [-0.4, -0.2) is 20.5 Å². The molecule has 4 nitrogen and oxygen atoms in total. The molecule has 0 fully saturated rings. The van der Waals surface area contributed by atoms with E-state index in [1.54, 1.807) is 32.9 Å². The molecule has 20 heavy (non-hydrogen) atoms. The van der Waals surface area contributed by atoms with Crippen molar-refractivity contribution in [3.05, 3.63) is 28.1 Å². The van der Waals surface area contributed by atoms with E-state index in [1.165, 1.54) is 11.3 Å². The lowest BCUT2D eigenvalue weighted by atomic mass is 10.1. The Bertz CT molecular complexity index is 751. The lowest BCUT2D eigenvalue weighted by Gasteiger charge is -2.24. The number of aryl methyl sites for hydroxylation is 1. The highest BCUT2D eigenvalue weighted by molar-refractivity contribution is 7.90. The Morgan fingerprint density at radius 2 is 2.05 bits per heavy atom. The van der Waals surface area contributed by atoms with E-state index in [0.717, 1.165) is 9.58 Å². The molecule has 110 valence electrons. The molecule has 1 heterocycles. The number of rotatable bonds is 4. The number of sulfonamides is 1. The summed E-state index contributed by atoms with van der Waals surface area (Å²) in [5.41, 5.74) is 4.90. The first-order valence-electron chi connectivity index (χ1n) is 6.09. The van der Waals surface area contributed by atoms with Crippen LogP contribution < -0.4 is 10.5 Å². The lowest BCUT2D eigenvalue weighted by Crippen LogP contribution is -2.48. The Hall–Kier alpha value is -0.660. The fourth-order valence-electron chi connectivity index (χ4n) is 1.96. The van der Waals surface area contributed by atoms with Gasteiger partial charge in [-0.25, -0.2) is 13.1 Å². The van der Waals surface area contributed by atoms with Crippen molar-refractivity contribution in [1.29, 1.82) is 0 Å². The van der Waals surface area contributed by atoms with Gasteiger partial charge >= 0.3 is 0 Å². The summed E-state index contributed by atoms with van der Waals surface area (Å²) in [5, 5.41) is 1.17. The van der Waals surface area contributed by atoms with E-state index >= 15 is 0 Å². The molecule has 0 saturated carbocycles. The Labute approximate surface area is 128 Å². The highest BCUT2D eigenvalue weighted by Gasteiger charge is 2.29. The van der Waals surface area contributed by atoms with Gasteiger partial charge in [0.1, 0.15) is 4.90 Å². The van der Waals surface area contributed by atoms with Crippen LogP contribution in [0.25, 0.3) is 10.1 Å². The summed E-state index contributed by atoms with van der Waals surface area (Å²) in [5.74, 6) is 0. The average molecular weight is 333 g/mol. The Balaban J connectivity index is 2.62. The van der Waals surface area contributed by atoms with Crippen molar-refractivity contribution < 1.29 is 8.42 Å². The van der Waals surface area contributed by atoms with Crippen LogP contribution in [0.15, 0.2) is 23.1 Å². The fourth-order valence-corrected chi connectivity index (χ4v) is 5.34. The van der Waals surface area contributed by atoms with Gasteiger partial charge in [0.15, 0.2) is 0 Å². The summed E-state index contributed by atoms with van der Waals surface area (Å²) in [6, 6.07) is 5.28. The molecule has 0 amide bonds. The van der Waals surface area contributed by atoms with E-state index in [2.05, 4.69) is 4.72 Å². The lowest BCUT2D eigenvalue weighted by molar-refractivity contribution is 0.463. The first-order valence-corrected chi connectivity index (χ1v) is 8.77. The van der Waals surface area contributed by atoms with Crippen LogP contribution in [0.2, 0.25) is 5.02 Å². The van der Waals surface area contributed by atoms with Gasteiger partial charge < -0.3 is 5.73 Å². The van der Waals surface area contributed by atoms with Crippen molar-refractivity contribution >= 4 is 43.0 Å². The third kappa shape index (κ3) is 2.99. The number of benzene rings is 1. The van der Waals surface area contributed by atoms with Gasteiger partial charge in [-0.3, -0.25) is 0 Å². The van der Waals surface area contributed by atoms with E-state index in [1.807, 2.05) is 6.07 Å². The highest BCUT2D eigenvalue weighted by Crippen LogP contribution is 2.36. The van der Waals surface area contributed by atoms with Crippen LogP contribution >= 0.6 is 22.9 Å². The summed E-state index contributed by atoms with van der Waals surface area (Å²) in [7, 11) is -3.64. The number of fused-ring (bicyclic) bond motifs is 1. The van der Waals surface area contributed by atoms with Gasteiger partial charge in [0, 0.05) is 32.1 Å². The summed E-state index contributed by atoms with van der Waals surface area (Å²) in [6.45, 7) is 5.51. The van der Waals surface area contributed by atoms with E-state index in [4.69, 9.17) is 17.3 Å². The van der Waals surface area contributed by atoms with Crippen LogP contribution in [0.5, 0.6) is 0 Å². The predicted octanol–water partition coefficient (Wildman–Crippen LogP) is 2.88. The number of nitrogens with two attached hydrogens (primary N) is 1. The van der Waals surface area contributed by atoms with E-state index in [9.17, 15) is 8.42 Å². The van der Waals surface area contributed by atoms with Gasteiger partial charge in [0.25, 0.3) is 0 Å². The second kappa shape index (κ2) is 5.27. The Morgan fingerprint density at radius 3 is 2.65 bits per heavy atom. The summed E-state index contributed by atoms with van der Waals surface area (Å²) in [6.07, 6.45) is 0. The summed E-state index contributed by atoms with van der Waals surface area (Å²) < 4.78 is 28.8. The molecule has 1 aromatic carbocycles. The molecule has 0 aliphatic rings. The van der Waals surface area contributed by atoms with Crippen LogP contribution in [0, 0.1) is 6.92 Å². The maximum Gasteiger partial charge on any atom is 0.242 e. The normalized spacial score (nSPS) is 13.1. The maximum atomic E-state index is 12.6. The van der Waals surface area contributed by atoms with E-state index in [0.29, 0.717) is 15.3 Å². The molecule has 0 aliphatic carbocycles. The third-order valence-electron chi connectivity index (χ3n) is 2.96. The molecular formula is C13H17ClN2O2S2. The van der Waals surface area contributed by atoms with Gasteiger partial charge in [-0.15, -0.1) is 11.3 Å². The number of nitrogens with one attached hydrogen (secondary N) is 1. The molecular weight excluding hydrogens is 316 g/mol. The minimum absolute atomic E-state index is 0.216. The van der Waals surface area contributed by atoms with Crippen molar-refractivity contribution in [1.82, 2.24) is 4.72 Å². The molecule has 1 aromatic heterocycles. The predicted molar refractivity (Wildman–Crippen MR) is 85.0 cm³/mol. The third-order valence-corrected chi connectivity index (χ3v) is 6.29. The van der Waals surface area contributed by atoms with Crippen molar-refractivity contribution in [3.63, 3.8) is 0 Å². The van der Waals surface area contributed by atoms with Gasteiger partial charge in [0.05, 0.1) is 0 Å². The topological polar surface area (TPSA) is 72.2 Å². The highest BCUT2D eigenvalue weighted by atomic mass is 35.5. The minimum atomic E-state index is -3.64. The summed E-state index contributed by atoms with van der Waals surface area (Å²) >= 11 is 7.42. The molecule has 0 bridgehead atoms. The van der Waals surface area contributed by atoms with Crippen LogP contribution in [0.1, 0.15) is 18.7 Å². The standard InChI is InChI=1S/C13H17ClN2O2S2/c1-8-12(20(17,18)16-13(2,3)7-15)10-6-9(14)4-5-11(10)19-8/h4-6,16H,7,15H2,1-3H3. The first kappa shape index (κ1) is 15.7. The molecule has 2 rings (SSSR count). The number of hydrogen-bond donors (Lipinski definition) is 2. The zero-order valence-corrected chi connectivity index (χ0v) is 13.9. The quantitative estimate of drug-likeness (QED) is 0.904. The van der Waals surface area contributed by atoms with Gasteiger partial charge in [-0.1, -0.05) is 11.6 Å². The molecule has 0 unspecified atom stereocenters. The zero-order chi connectivity index (χ0) is 15.1. The second-order valence-electron chi connectivity index (χ2n) is 5.32. The number of thiophene rings is 1. The Morgan fingerprint density at radius 1 is 1.40 bits per heavy atom. The largest absolute Gasteiger partial charge is 0.329 e. The maximum absolute atomic E-state index is 12.6. The summed E-state index contributed by atoms with van der Waals surface area (Å²) in [4.78, 5) is 1.03. The zero-order valence-electron chi connectivity index (χ0n) is 11.5. The molecule has 0 saturated heterocycles. The molecule has 7 heteroatoms. The average Bonchev–Trinajstić information content (AvgIpc) is 2.63. The van der Waals surface area contributed by atoms with Crippen molar-refractivity contribution in [2.75, 3.05) is 6.54 Å². The SMILES string of the molecule is Cc1sc2ccc(Cl)cc2c1S(=O)(=O)NC(C)(C)CN. The number of hydrogen-bond acceptors (Lipinski definition) is 4. The fraction of sp³-hybridized carbons (Fsp3) is 0.385. The molecule has 0 aliphatic heterocycles. The smallest absolute Gasteiger partial charge is 0.242 e. The molecule has 0 spiro atoms. The van der Waals surface area contributed by atoms with Crippen molar-refractivity contribution in [3.8, 4) is 0 Å². The van der Waals surface area contributed by atoms with Crippen molar-refractivity contribution in [2.24, 2.45) is 5.73 Å². The van der Waals surface area contributed by atoms with E-state index in [-0.39, 0.29) is 6.54 Å². The molecule has 2 aromatic rings. The van der Waals surface area contributed by atoms with Crippen LogP contribution in [0.3, 0.4) is 0 Å². The molecule has 3 N–H and O–H groups in total. The van der Waals surface area contributed by atoms with Crippen LogP contribution in [0.4, 0.5) is 0 Å². The Kier molecular flexibility index (Phi) is 4.15. The number of halogens is 1. The van der Waals surface area contributed by atoms with Gasteiger partial charge in [-0.05, 0) is 39.0 Å². The van der Waals surface area contributed by atoms with E-state index < -0.39 is 15.6 Å². The van der Waals surface area contributed by atoms with Crippen LogP contribution in [-0.2, 0) is 10.0 Å². The minimum Gasteiger partial charge on any atom is -0.329 e. The molecule has 0 radical (unpaired) electrons. The van der Waals surface area contributed by atoms with Gasteiger partial charge in [-0.2, -0.15) is 0 Å². The van der Waals surface area contributed by atoms with Gasteiger partial charge in [0.2, 0.25) is 10.0 Å².